The van der Waals surface area contributed by atoms with Crippen molar-refractivity contribution in [1.82, 2.24) is 25.5 Å². The number of ether oxygens (including phenoxy) is 4. The van der Waals surface area contributed by atoms with Crippen LogP contribution in [0, 0.1) is 5.92 Å². The number of piperidine rings is 3. The Morgan fingerprint density at radius 2 is 1.77 bits per heavy atom. The minimum atomic E-state index is -0.769. The second-order valence-electron chi connectivity index (χ2n) is 11.4. The third-order valence-electron chi connectivity index (χ3n) is 8.59. The van der Waals surface area contributed by atoms with Crippen molar-refractivity contribution in [3.8, 4) is 11.5 Å². The lowest BCUT2D eigenvalue weighted by atomic mass is 9.86. The van der Waals surface area contributed by atoms with Crippen molar-refractivity contribution in [2.24, 2.45) is 5.92 Å². The quantitative estimate of drug-likeness (QED) is 0.221. The molecular weight excluding hydrogens is 649 g/mol. The van der Waals surface area contributed by atoms with Gasteiger partial charge >= 0.3 is 12.1 Å². The molecule has 3 aliphatic heterocycles. The summed E-state index contributed by atoms with van der Waals surface area (Å²) in [6.45, 7) is 2.89. The number of benzene rings is 2. The first-order chi connectivity index (χ1) is 22.8. The molecule has 0 saturated carbocycles. The Kier molecular flexibility index (Phi) is 10.0. The van der Waals surface area contributed by atoms with Crippen molar-refractivity contribution in [2.45, 2.75) is 38.0 Å². The molecule has 246 valence electrons. The molecule has 0 aliphatic carbocycles. The van der Waals surface area contributed by atoms with Gasteiger partial charge in [0.15, 0.2) is 23.9 Å². The lowest BCUT2D eigenvalue weighted by molar-refractivity contribution is -0.377. The van der Waals surface area contributed by atoms with Crippen LogP contribution in [0.3, 0.4) is 0 Å². The Labute approximate surface area is 281 Å². The van der Waals surface area contributed by atoms with Crippen LogP contribution in [0.25, 0.3) is 0 Å². The Bertz CT molecular complexity index is 1680. The fourth-order valence-electron chi connectivity index (χ4n) is 5.99. The van der Waals surface area contributed by atoms with E-state index in [0.29, 0.717) is 49.7 Å². The lowest BCUT2D eigenvalue weighted by Gasteiger charge is -2.44. The second kappa shape index (κ2) is 14.5. The molecule has 15 heteroatoms. The van der Waals surface area contributed by atoms with Gasteiger partial charge in [0.05, 0.1) is 26.3 Å². The van der Waals surface area contributed by atoms with Crippen molar-refractivity contribution < 1.29 is 33.5 Å². The maximum atomic E-state index is 13.5. The van der Waals surface area contributed by atoms with E-state index in [0.717, 1.165) is 32.5 Å². The SMILES string of the molecule is COc1ccc([C@H](Cc2c(Cl)c[nH+]cc2Cl)OC(=O)c2ccc(CN(C(=O)O[C@H]3CN4CCC3CC4)c3nn[nH]n3)cc2)cc1OC. The zero-order chi connectivity index (χ0) is 32.9. The van der Waals surface area contributed by atoms with E-state index < -0.39 is 18.2 Å². The number of amides is 1. The zero-order valence-corrected chi connectivity index (χ0v) is 27.3. The highest BCUT2D eigenvalue weighted by Gasteiger charge is 2.38. The van der Waals surface area contributed by atoms with Gasteiger partial charge in [-0.2, -0.15) is 5.21 Å². The van der Waals surface area contributed by atoms with Gasteiger partial charge in [0.2, 0.25) is 0 Å². The van der Waals surface area contributed by atoms with Gasteiger partial charge in [0.1, 0.15) is 22.3 Å². The molecule has 5 heterocycles. The Morgan fingerprint density at radius 1 is 1.04 bits per heavy atom. The normalized spacial score (nSPS) is 19.1. The molecule has 13 nitrogen and oxygen atoms in total. The first-order valence-corrected chi connectivity index (χ1v) is 15.9. The third-order valence-corrected chi connectivity index (χ3v) is 9.26. The molecule has 3 aliphatic rings. The molecule has 2 aromatic heterocycles. The number of pyridine rings is 1. The van der Waals surface area contributed by atoms with Crippen LogP contribution in [-0.2, 0) is 22.4 Å². The summed E-state index contributed by atoms with van der Waals surface area (Å²) in [4.78, 5) is 33.4. The van der Waals surface area contributed by atoms with Gasteiger partial charge < -0.3 is 18.9 Å². The van der Waals surface area contributed by atoms with Crippen LogP contribution in [0.15, 0.2) is 54.9 Å². The van der Waals surface area contributed by atoms with E-state index in [1.807, 2.05) is 0 Å². The van der Waals surface area contributed by atoms with Gasteiger partial charge in [-0.05, 0) is 72.5 Å². The predicted octanol–water partition coefficient (Wildman–Crippen LogP) is 4.72. The average molecular weight is 684 g/mol. The topological polar surface area (TPSA) is 146 Å². The van der Waals surface area contributed by atoms with Crippen molar-refractivity contribution in [3.63, 3.8) is 0 Å². The van der Waals surface area contributed by atoms with Crippen molar-refractivity contribution in [1.29, 1.82) is 0 Å². The van der Waals surface area contributed by atoms with Crippen LogP contribution in [0.1, 0.15) is 46.0 Å². The zero-order valence-electron chi connectivity index (χ0n) is 25.8. The number of aromatic nitrogens is 5. The number of hydrogen-bond donors (Lipinski definition) is 1. The van der Waals surface area contributed by atoms with Crippen molar-refractivity contribution in [3.05, 3.63) is 87.2 Å². The highest BCUT2D eigenvalue weighted by Crippen LogP contribution is 2.35. The summed E-state index contributed by atoms with van der Waals surface area (Å²) in [5.74, 6) is 0.879. The summed E-state index contributed by atoms with van der Waals surface area (Å²) in [6, 6.07) is 12.0. The highest BCUT2D eigenvalue weighted by atomic mass is 35.5. The predicted molar refractivity (Wildman–Crippen MR) is 171 cm³/mol. The Balaban J connectivity index is 1.19. The number of fused-ring (bicyclic) bond motifs is 3. The number of esters is 1. The fraction of sp³-hybridized carbons (Fsp3) is 0.375. The van der Waals surface area contributed by atoms with Gasteiger partial charge in [0.25, 0.3) is 5.95 Å². The standard InChI is InChI=1S/C32H33Cl2N7O6/c1-44-26-8-7-22(13-28(26)45-2)27(14-23-24(33)15-35-16-25(23)34)46-30(42)21-5-3-19(4-6-21)17-41(31-36-38-39-37-31)32(43)47-29-18-40-11-9-20(29)10-12-40/h3-8,13,15-16,20,27,29H,9-12,14,17-18H2,1-2H3,(H,36,37,38,39)/p+1/t27-,29-/m0/s1. The monoisotopic (exact) mass is 682 g/mol. The fourth-order valence-corrected chi connectivity index (χ4v) is 6.52. The van der Waals surface area contributed by atoms with Gasteiger partial charge in [-0.1, -0.05) is 46.5 Å². The summed E-state index contributed by atoms with van der Waals surface area (Å²) < 4.78 is 22.9. The molecule has 3 saturated heterocycles. The van der Waals surface area contributed by atoms with Crippen molar-refractivity contribution in [2.75, 3.05) is 38.8 Å². The molecule has 0 radical (unpaired) electrons. The van der Waals surface area contributed by atoms with E-state index in [4.69, 9.17) is 42.1 Å². The largest absolute Gasteiger partial charge is 0.493 e. The minimum Gasteiger partial charge on any atom is -0.493 e. The van der Waals surface area contributed by atoms with Crippen molar-refractivity contribution >= 4 is 41.2 Å². The number of hydrogen-bond acceptors (Lipinski definition) is 10. The number of carbonyl (C=O) groups excluding carboxylic acids is 2. The van der Waals surface area contributed by atoms with Gasteiger partial charge in [-0.25, -0.2) is 19.5 Å². The highest BCUT2D eigenvalue weighted by molar-refractivity contribution is 6.35. The van der Waals surface area contributed by atoms with E-state index in [-0.39, 0.29) is 25.0 Å². The summed E-state index contributed by atoms with van der Waals surface area (Å²) in [5.41, 5.74) is 2.29. The van der Waals surface area contributed by atoms with Crippen LogP contribution >= 0.6 is 23.2 Å². The summed E-state index contributed by atoms with van der Waals surface area (Å²) in [5, 5.41) is 14.8. The van der Waals surface area contributed by atoms with Crippen LogP contribution in [0.4, 0.5) is 10.7 Å². The van der Waals surface area contributed by atoms with Gasteiger partial charge in [-0.3, -0.25) is 4.90 Å². The van der Waals surface area contributed by atoms with E-state index in [9.17, 15) is 9.59 Å². The summed E-state index contributed by atoms with van der Waals surface area (Å²) in [6.07, 6.45) is 3.93. The molecule has 2 atom stereocenters. The first kappa shape index (κ1) is 32.5. The molecule has 2 N–H and O–H groups in total. The molecule has 7 rings (SSSR count). The first-order valence-electron chi connectivity index (χ1n) is 15.1. The second-order valence-corrected chi connectivity index (χ2v) is 12.2. The number of tetrazole rings is 1. The number of halogens is 2. The number of H-pyrrole nitrogens is 2. The molecule has 1 amide bonds. The van der Waals surface area contributed by atoms with Gasteiger partial charge in [0, 0.05) is 18.5 Å². The molecule has 2 aromatic carbocycles. The lowest BCUT2D eigenvalue weighted by Crippen LogP contribution is -2.53. The van der Waals surface area contributed by atoms with E-state index in [1.165, 1.54) is 12.0 Å². The number of aromatic amines is 2. The number of nitrogens with zero attached hydrogens (tertiary/aromatic N) is 5. The maximum Gasteiger partial charge on any atom is 0.417 e. The molecule has 3 fully saturated rings. The minimum absolute atomic E-state index is 0.0911. The Morgan fingerprint density at radius 3 is 2.38 bits per heavy atom. The van der Waals surface area contributed by atoms with E-state index >= 15 is 0 Å². The molecular formula is C32H34Cl2N7O6+. The number of nitrogens with one attached hydrogen (secondary N) is 2. The smallest absolute Gasteiger partial charge is 0.417 e. The van der Waals surface area contributed by atoms with Crippen LogP contribution in [0.5, 0.6) is 11.5 Å². The van der Waals surface area contributed by atoms with Crippen LogP contribution < -0.4 is 19.4 Å². The molecule has 0 spiro atoms. The van der Waals surface area contributed by atoms with Crippen LogP contribution in [-0.4, -0.2) is 77.5 Å². The van der Waals surface area contributed by atoms with E-state index in [1.54, 1.807) is 62.0 Å². The van der Waals surface area contributed by atoms with E-state index in [2.05, 4.69) is 30.5 Å². The molecule has 0 unspecified atom stereocenters. The average Bonchev–Trinajstić information content (AvgIpc) is 3.63. The van der Waals surface area contributed by atoms with Gasteiger partial charge in [-0.15, -0.1) is 5.10 Å². The third kappa shape index (κ3) is 7.42. The number of carbonyl (C=O) groups is 2. The summed E-state index contributed by atoms with van der Waals surface area (Å²) >= 11 is 12.9. The molecule has 47 heavy (non-hydrogen) atoms. The number of anilines is 1. The van der Waals surface area contributed by atoms with Crippen LogP contribution in [0.2, 0.25) is 10.0 Å². The molecule has 4 aromatic rings. The maximum absolute atomic E-state index is 13.5. The number of rotatable bonds is 11. The summed E-state index contributed by atoms with van der Waals surface area (Å²) in [7, 11) is 3.07. The number of methoxy groups -OCH3 is 2. The Hall–Kier alpha value is -4.46. The molecule has 2 bridgehead atoms.